The highest BCUT2D eigenvalue weighted by Gasteiger charge is 2.14. The Morgan fingerprint density at radius 3 is 2.37 bits per heavy atom. The van der Waals surface area contributed by atoms with Crippen molar-refractivity contribution in [2.75, 3.05) is 0 Å². The number of hydrogen-bond donors (Lipinski definition) is 1. The zero-order valence-electron chi connectivity index (χ0n) is 16.5. The first-order valence-electron chi connectivity index (χ1n) is 9.53. The van der Waals surface area contributed by atoms with Gasteiger partial charge in [-0.15, -0.1) is 0 Å². The predicted molar refractivity (Wildman–Crippen MR) is 118 cm³/mol. The maximum atomic E-state index is 12.7. The van der Waals surface area contributed by atoms with Crippen molar-refractivity contribution in [3.63, 3.8) is 0 Å². The Kier molecular flexibility index (Phi) is 5.70. The van der Waals surface area contributed by atoms with Crippen LogP contribution in [0.5, 0.6) is 0 Å². The summed E-state index contributed by atoms with van der Waals surface area (Å²) in [4.78, 5) is 8.67. The summed E-state index contributed by atoms with van der Waals surface area (Å²) >= 11 is 0. The van der Waals surface area contributed by atoms with E-state index in [1.807, 2.05) is 55.5 Å². The second-order valence-electron chi connectivity index (χ2n) is 7.01. The number of aryl methyl sites for hydroxylation is 1. The molecule has 0 fully saturated rings. The van der Waals surface area contributed by atoms with Gasteiger partial charge in [-0.25, -0.2) is 13.1 Å². The molecule has 2 aromatic heterocycles. The maximum Gasteiger partial charge on any atom is 0.240 e. The normalized spacial score (nSPS) is 11.4. The van der Waals surface area contributed by atoms with Crippen molar-refractivity contribution in [1.82, 2.24) is 14.7 Å². The van der Waals surface area contributed by atoms with E-state index in [2.05, 4.69) is 20.8 Å². The SMILES string of the molecule is Cc1cccc(-c2ccc(S(=O)(=O)NCc3ccnc(-c4cccnc4)c3)cc2)c1. The Balaban J connectivity index is 1.48. The van der Waals surface area contributed by atoms with E-state index in [4.69, 9.17) is 0 Å². The fraction of sp³-hybridized carbons (Fsp3) is 0.0833. The van der Waals surface area contributed by atoms with Crippen LogP contribution in [0.15, 0.2) is 96.3 Å². The van der Waals surface area contributed by atoms with E-state index < -0.39 is 10.0 Å². The summed E-state index contributed by atoms with van der Waals surface area (Å²) < 4.78 is 28.1. The van der Waals surface area contributed by atoms with Crippen molar-refractivity contribution >= 4 is 10.0 Å². The zero-order valence-corrected chi connectivity index (χ0v) is 17.3. The average Bonchev–Trinajstić information content (AvgIpc) is 2.79. The lowest BCUT2D eigenvalue weighted by molar-refractivity contribution is 0.581. The number of benzene rings is 2. The molecule has 0 aliphatic carbocycles. The molecule has 6 heteroatoms. The standard InChI is InChI=1S/C24H21N3O2S/c1-18-4-2-5-21(14-18)20-7-9-23(10-8-20)30(28,29)27-16-19-11-13-26-24(15-19)22-6-3-12-25-17-22/h2-15,17,27H,16H2,1H3. The predicted octanol–water partition coefficient (Wildman–Crippen LogP) is 4.60. The van der Waals surface area contributed by atoms with Crippen LogP contribution in [0.25, 0.3) is 22.4 Å². The molecule has 0 aliphatic heterocycles. The van der Waals surface area contributed by atoms with E-state index in [1.165, 1.54) is 0 Å². The first-order chi connectivity index (χ1) is 14.5. The third-order valence-electron chi connectivity index (χ3n) is 4.76. The third kappa shape index (κ3) is 4.62. The van der Waals surface area contributed by atoms with Crippen molar-refractivity contribution < 1.29 is 8.42 Å². The van der Waals surface area contributed by atoms with Gasteiger partial charge in [-0.1, -0.05) is 42.0 Å². The minimum Gasteiger partial charge on any atom is -0.264 e. The average molecular weight is 416 g/mol. The van der Waals surface area contributed by atoms with Crippen molar-refractivity contribution in [3.8, 4) is 22.4 Å². The highest BCUT2D eigenvalue weighted by atomic mass is 32.2. The maximum absolute atomic E-state index is 12.7. The Labute approximate surface area is 176 Å². The molecule has 5 nitrogen and oxygen atoms in total. The molecule has 150 valence electrons. The summed E-state index contributed by atoms with van der Waals surface area (Å²) in [5.74, 6) is 0. The van der Waals surface area contributed by atoms with Crippen LogP contribution in [0.3, 0.4) is 0 Å². The number of nitrogens with one attached hydrogen (secondary N) is 1. The van der Waals surface area contributed by atoms with Crippen LogP contribution in [-0.2, 0) is 16.6 Å². The molecule has 1 N–H and O–H groups in total. The van der Waals surface area contributed by atoms with Gasteiger partial charge in [0.05, 0.1) is 10.6 Å². The van der Waals surface area contributed by atoms with Gasteiger partial charge in [0.25, 0.3) is 0 Å². The molecule has 0 saturated heterocycles. The lowest BCUT2D eigenvalue weighted by atomic mass is 10.0. The van der Waals surface area contributed by atoms with Crippen LogP contribution < -0.4 is 4.72 Å². The second-order valence-corrected chi connectivity index (χ2v) is 8.78. The second kappa shape index (κ2) is 8.57. The van der Waals surface area contributed by atoms with Crippen LogP contribution in [0, 0.1) is 6.92 Å². The summed E-state index contributed by atoms with van der Waals surface area (Å²) in [6, 6.07) is 22.4. The van der Waals surface area contributed by atoms with Crippen molar-refractivity contribution in [2.45, 2.75) is 18.4 Å². The molecular formula is C24H21N3O2S. The van der Waals surface area contributed by atoms with Crippen LogP contribution >= 0.6 is 0 Å². The van der Waals surface area contributed by atoms with Gasteiger partial charge < -0.3 is 0 Å². The molecule has 0 spiro atoms. The fourth-order valence-electron chi connectivity index (χ4n) is 3.17. The molecule has 2 aromatic carbocycles. The number of rotatable bonds is 6. The Hall–Kier alpha value is -3.35. The topological polar surface area (TPSA) is 72.0 Å². The summed E-state index contributed by atoms with van der Waals surface area (Å²) in [6.07, 6.45) is 5.10. The summed E-state index contributed by atoms with van der Waals surface area (Å²) in [5.41, 5.74) is 5.66. The van der Waals surface area contributed by atoms with Gasteiger partial charge in [0.1, 0.15) is 0 Å². The van der Waals surface area contributed by atoms with Gasteiger partial charge in [-0.2, -0.15) is 0 Å². The highest BCUT2D eigenvalue weighted by Crippen LogP contribution is 2.22. The van der Waals surface area contributed by atoms with E-state index in [9.17, 15) is 8.42 Å². The lowest BCUT2D eigenvalue weighted by Crippen LogP contribution is -2.23. The number of aromatic nitrogens is 2. The zero-order chi connectivity index (χ0) is 21.0. The third-order valence-corrected chi connectivity index (χ3v) is 6.18. The minimum absolute atomic E-state index is 0.178. The number of sulfonamides is 1. The minimum atomic E-state index is -3.63. The molecule has 0 amide bonds. The number of hydrogen-bond acceptors (Lipinski definition) is 4. The number of pyridine rings is 2. The molecule has 4 rings (SSSR count). The molecule has 0 saturated carbocycles. The molecule has 0 atom stereocenters. The summed E-state index contributed by atoms with van der Waals surface area (Å²) in [7, 11) is -3.63. The van der Waals surface area contributed by atoms with Gasteiger partial charge in [0.2, 0.25) is 10.0 Å². The van der Waals surface area contributed by atoms with Crippen LogP contribution in [0.2, 0.25) is 0 Å². The first-order valence-corrected chi connectivity index (χ1v) is 11.0. The molecule has 2 heterocycles. The van der Waals surface area contributed by atoms with Crippen LogP contribution in [-0.4, -0.2) is 18.4 Å². The number of nitrogens with zero attached hydrogens (tertiary/aromatic N) is 2. The lowest BCUT2D eigenvalue weighted by Gasteiger charge is -2.09. The van der Waals surface area contributed by atoms with E-state index >= 15 is 0 Å². The van der Waals surface area contributed by atoms with Gasteiger partial charge in [0, 0.05) is 30.7 Å². The smallest absolute Gasteiger partial charge is 0.240 e. The molecule has 0 unspecified atom stereocenters. The fourth-order valence-corrected chi connectivity index (χ4v) is 4.19. The van der Waals surface area contributed by atoms with Gasteiger partial charge >= 0.3 is 0 Å². The van der Waals surface area contributed by atoms with Gasteiger partial charge in [0.15, 0.2) is 0 Å². The summed E-state index contributed by atoms with van der Waals surface area (Å²) in [5, 5.41) is 0. The van der Waals surface area contributed by atoms with E-state index in [0.29, 0.717) is 0 Å². The molecule has 0 radical (unpaired) electrons. The molecule has 0 bridgehead atoms. The Morgan fingerprint density at radius 1 is 0.833 bits per heavy atom. The molecule has 30 heavy (non-hydrogen) atoms. The van der Waals surface area contributed by atoms with Crippen molar-refractivity contribution in [3.05, 3.63) is 103 Å². The molecular weight excluding hydrogens is 394 g/mol. The van der Waals surface area contributed by atoms with Crippen LogP contribution in [0.1, 0.15) is 11.1 Å². The summed E-state index contributed by atoms with van der Waals surface area (Å²) in [6.45, 7) is 2.21. The Morgan fingerprint density at radius 2 is 1.63 bits per heavy atom. The Bertz CT molecular complexity index is 1260. The van der Waals surface area contributed by atoms with Gasteiger partial charge in [-0.05, 0) is 60.0 Å². The molecule has 0 aliphatic rings. The van der Waals surface area contributed by atoms with Crippen molar-refractivity contribution in [2.24, 2.45) is 0 Å². The van der Waals surface area contributed by atoms with Crippen molar-refractivity contribution in [1.29, 1.82) is 0 Å². The quantitative estimate of drug-likeness (QED) is 0.500. The van der Waals surface area contributed by atoms with E-state index in [-0.39, 0.29) is 11.4 Å². The van der Waals surface area contributed by atoms with E-state index in [1.54, 1.807) is 36.8 Å². The first kappa shape index (κ1) is 19.9. The van der Waals surface area contributed by atoms with Crippen LogP contribution in [0.4, 0.5) is 0 Å². The molecule has 4 aromatic rings. The highest BCUT2D eigenvalue weighted by molar-refractivity contribution is 7.89. The monoisotopic (exact) mass is 415 g/mol. The van der Waals surface area contributed by atoms with Gasteiger partial charge in [-0.3, -0.25) is 9.97 Å². The van der Waals surface area contributed by atoms with E-state index in [0.717, 1.165) is 33.5 Å². The largest absolute Gasteiger partial charge is 0.264 e.